The summed E-state index contributed by atoms with van der Waals surface area (Å²) in [6.45, 7) is 0. The van der Waals surface area contributed by atoms with Crippen LogP contribution in [-0.2, 0) is 4.12 Å². The molecule has 0 unspecified atom stereocenters. The van der Waals surface area contributed by atoms with Crippen molar-refractivity contribution in [2.75, 3.05) is 0 Å². The molecular weight excluding hydrogens is 212 g/mol. The predicted octanol–water partition coefficient (Wildman–Crippen LogP) is -2.44. The second-order valence-corrected chi connectivity index (χ2v) is 3.67. The van der Waals surface area contributed by atoms with Gasteiger partial charge in [0.05, 0.1) is 0 Å². The molecule has 0 saturated heterocycles. The maximum absolute atomic E-state index is 4.53. The van der Waals surface area contributed by atoms with Gasteiger partial charge in [-0.25, -0.2) is 0 Å². The molecule has 0 amide bonds. The van der Waals surface area contributed by atoms with Crippen molar-refractivity contribution in [3.63, 3.8) is 0 Å². The van der Waals surface area contributed by atoms with E-state index in [-0.39, 0.29) is 41.7 Å². The number of rotatable bonds is 0. The molecule has 0 N–H and O–H groups in total. The molecular formula is H6CeOSi2. The molecule has 4 heavy (non-hydrogen) atoms. The van der Waals surface area contributed by atoms with Crippen LogP contribution in [0.1, 0.15) is 0 Å². The van der Waals surface area contributed by atoms with Gasteiger partial charge in [-0.2, -0.15) is 0 Å². The van der Waals surface area contributed by atoms with Crippen LogP contribution >= 0.6 is 0 Å². The van der Waals surface area contributed by atoms with E-state index < -0.39 is 0 Å². The number of hydrogen-bond donors (Lipinski definition) is 0. The van der Waals surface area contributed by atoms with Crippen LogP contribution in [0.5, 0.6) is 0 Å². The summed E-state index contributed by atoms with van der Waals surface area (Å²) in [7, 11) is 1.86. The fourth-order valence-electron chi connectivity index (χ4n) is 0. The first-order chi connectivity index (χ1) is 1.41. The first-order valence-electron chi connectivity index (χ1n) is 0.816. The van der Waals surface area contributed by atoms with E-state index in [4.69, 9.17) is 0 Å². The first-order valence-corrected chi connectivity index (χ1v) is 2.45. The fourth-order valence-corrected chi connectivity index (χ4v) is 0. The number of hydrogen-bond acceptors (Lipinski definition) is 1. The topological polar surface area (TPSA) is 9.23 Å². The van der Waals surface area contributed by atoms with Crippen molar-refractivity contribution in [1.82, 2.24) is 0 Å². The van der Waals surface area contributed by atoms with Gasteiger partial charge in [-0.15, -0.1) is 0 Å². The van der Waals surface area contributed by atoms with E-state index in [0.29, 0.717) is 0 Å². The molecule has 0 fully saturated rings. The molecule has 24 valence electrons. The van der Waals surface area contributed by atoms with Gasteiger partial charge in [0.15, 0.2) is 0 Å². The molecule has 0 aromatic rings. The minimum Gasteiger partial charge on any atom is -0.471 e. The van der Waals surface area contributed by atoms with Crippen LogP contribution < -0.4 is 0 Å². The molecule has 0 atom stereocenters. The SMILES string of the molecule is [Ce].[SiH3]O[SiH3]. The summed E-state index contributed by atoms with van der Waals surface area (Å²) >= 11 is 0. The van der Waals surface area contributed by atoms with Gasteiger partial charge < -0.3 is 4.12 Å². The van der Waals surface area contributed by atoms with Crippen LogP contribution in [0.3, 0.4) is 0 Å². The molecule has 0 saturated carbocycles. The van der Waals surface area contributed by atoms with Crippen LogP contribution in [0.15, 0.2) is 0 Å². The van der Waals surface area contributed by atoms with Gasteiger partial charge in [0, 0.05) is 41.7 Å². The standard InChI is InChI=1S/Ce.H6OSi2/c;2-1-3/h;2-3H3. The van der Waals surface area contributed by atoms with Crippen LogP contribution in [-0.4, -0.2) is 21.0 Å². The van der Waals surface area contributed by atoms with Crippen LogP contribution in [0.4, 0.5) is 0 Å². The minimum absolute atomic E-state index is 0. The minimum atomic E-state index is 0. The zero-order chi connectivity index (χ0) is 2.71. The summed E-state index contributed by atoms with van der Waals surface area (Å²) in [5, 5.41) is 0. The maximum atomic E-state index is 4.53. The third-order valence-corrected chi connectivity index (χ3v) is 0. The van der Waals surface area contributed by atoms with Crippen molar-refractivity contribution < 1.29 is 45.9 Å². The van der Waals surface area contributed by atoms with E-state index in [9.17, 15) is 0 Å². The summed E-state index contributed by atoms with van der Waals surface area (Å²) in [4.78, 5) is 0. The van der Waals surface area contributed by atoms with Crippen molar-refractivity contribution in [3.05, 3.63) is 0 Å². The Bertz CT molecular complexity index is 6.00. The van der Waals surface area contributed by atoms with Gasteiger partial charge in [-0.1, -0.05) is 0 Å². The predicted molar refractivity (Wildman–Crippen MR) is 21.0 cm³/mol. The second-order valence-electron chi connectivity index (χ2n) is 0.408. The third-order valence-electron chi connectivity index (χ3n) is 0. The van der Waals surface area contributed by atoms with Crippen LogP contribution in [0, 0.1) is 41.7 Å². The fraction of sp³-hybridized carbons (Fsp3) is 0. The average molecular weight is 218 g/mol. The van der Waals surface area contributed by atoms with Crippen molar-refractivity contribution in [1.29, 1.82) is 0 Å². The monoisotopic (exact) mass is 218 g/mol. The Hall–Kier alpha value is 1.77. The molecule has 1 nitrogen and oxygen atoms in total. The van der Waals surface area contributed by atoms with Gasteiger partial charge >= 0.3 is 0 Å². The summed E-state index contributed by atoms with van der Waals surface area (Å²) in [5.74, 6) is 0. The summed E-state index contributed by atoms with van der Waals surface area (Å²) in [6, 6.07) is 0. The van der Waals surface area contributed by atoms with E-state index in [1.807, 2.05) is 0 Å². The Morgan fingerprint density at radius 1 is 1.25 bits per heavy atom. The normalized spacial score (nSPS) is 6.00. The molecule has 0 aromatic carbocycles. The molecule has 0 bridgehead atoms. The van der Waals surface area contributed by atoms with Gasteiger partial charge in [-0.05, 0) is 0 Å². The van der Waals surface area contributed by atoms with Crippen molar-refractivity contribution in [3.8, 4) is 0 Å². The molecule has 4 heteroatoms. The second kappa shape index (κ2) is 8.84. The van der Waals surface area contributed by atoms with Gasteiger partial charge in [0.25, 0.3) is 0 Å². The third kappa shape index (κ3) is 9.23. The summed E-state index contributed by atoms with van der Waals surface area (Å²) in [6.07, 6.45) is 0. The van der Waals surface area contributed by atoms with Crippen molar-refractivity contribution in [2.45, 2.75) is 0 Å². The Balaban J connectivity index is 0. The van der Waals surface area contributed by atoms with E-state index in [2.05, 4.69) is 4.12 Å². The molecule has 0 rings (SSSR count). The van der Waals surface area contributed by atoms with E-state index in [1.165, 1.54) is 0 Å². The van der Waals surface area contributed by atoms with Crippen LogP contribution in [0.2, 0.25) is 0 Å². The molecule has 0 aliphatic rings. The molecule has 0 aliphatic carbocycles. The molecule has 0 radical (unpaired) electrons. The zero-order valence-electron chi connectivity index (χ0n) is 2.91. The smallest absolute Gasteiger partial charge is 0.129 e. The van der Waals surface area contributed by atoms with E-state index in [0.717, 1.165) is 21.0 Å². The molecule has 0 aliphatic heterocycles. The maximum Gasteiger partial charge on any atom is 0.129 e. The Kier molecular flexibility index (Phi) is 20.4. The van der Waals surface area contributed by atoms with Crippen molar-refractivity contribution in [2.24, 2.45) is 0 Å². The zero-order valence-corrected chi connectivity index (χ0v) is 10.0. The van der Waals surface area contributed by atoms with Gasteiger partial charge in [-0.3, -0.25) is 0 Å². The Morgan fingerprint density at radius 3 is 1.25 bits per heavy atom. The summed E-state index contributed by atoms with van der Waals surface area (Å²) in [5.41, 5.74) is 0. The Morgan fingerprint density at radius 2 is 1.25 bits per heavy atom. The van der Waals surface area contributed by atoms with Gasteiger partial charge in [0.1, 0.15) is 21.0 Å². The largest absolute Gasteiger partial charge is 0.471 e. The molecule has 0 spiro atoms. The average Bonchev–Trinajstić information content (AvgIpc) is 0.918. The Labute approximate surface area is 66.0 Å². The summed E-state index contributed by atoms with van der Waals surface area (Å²) < 4.78 is 4.53. The molecule has 0 aromatic heterocycles. The van der Waals surface area contributed by atoms with Crippen LogP contribution in [0.25, 0.3) is 0 Å². The first kappa shape index (κ1) is 9.24. The van der Waals surface area contributed by atoms with E-state index >= 15 is 0 Å². The quantitative estimate of drug-likeness (QED) is 0.411. The molecule has 0 heterocycles. The van der Waals surface area contributed by atoms with Gasteiger partial charge in [0.2, 0.25) is 0 Å². The van der Waals surface area contributed by atoms with Crippen molar-refractivity contribution >= 4 is 21.0 Å². The van der Waals surface area contributed by atoms with E-state index in [1.54, 1.807) is 0 Å².